The molecule has 0 bridgehead atoms. The maximum atomic E-state index is 6.22. The minimum atomic E-state index is 0.916. The Morgan fingerprint density at radius 2 is 2.17 bits per heavy atom. The van der Waals surface area contributed by atoms with Crippen LogP contribution in [0.15, 0.2) is 36.7 Å². The lowest BCUT2D eigenvalue weighted by Crippen LogP contribution is -2.33. The fourth-order valence-electron chi connectivity index (χ4n) is 2.49. The van der Waals surface area contributed by atoms with Gasteiger partial charge in [-0.25, -0.2) is 0 Å². The van der Waals surface area contributed by atoms with E-state index < -0.39 is 0 Å². The van der Waals surface area contributed by atoms with E-state index in [-0.39, 0.29) is 0 Å². The van der Waals surface area contributed by atoms with Crippen LogP contribution in [0.25, 0.3) is 0 Å². The molecule has 2 heterocycles. The van der Waals surface area contributed by atoms with E-state index in [0.717, 1.165) is 37.6 Å². The van der Waals surface area contributed by atoms with Crippen molar-refractivity contribution in [3.63, 3.8) is 0 Å². The van der Waals surface area contributed by atoms with E-state index in [4.69, 9.17) is 11.6 Å². The predicted molar refractivity (Wildman–Crippen MR) is 72.7 cm³/mol. The highest BCUT2D eigenvalue weighted by molar-refractivity contribution is 6.31. The highest BCUT2D eigenvalue weighted by Crippen LogP contribution is 2.25. The van der Waals surface area contributed by atoms with E-state index in [2.05, 4.69) is 16.1 Å². The van der Waals surface area contributed by atoms with Gasteiger partial charge >= 0.3 is 0 Å². The van der Waals surface area contributed by atoms with Crippen molar-refractivity contribution in [3.05, 3.63) is 52.8 Å². The average molecular weight is 262 g/mol. The van der Waals surface area contributed by atoms with Crippen molar-refractivity contribution < 1.29 is 0 Å². The second-order valence-corrected chi connectivity index (χ2v) is 5.08. The van der Waals surface area contributed by atoms with Crippen molar-refractivity contribution in [1.29, 1.82) is 0 Å². The molecule has 94 valence electrons. The number of halogens is 1. The van der Waals surface area contributed by atoms with Crippen LogP contribution in [0.2, 0.25) is 5.02 Å². The molecule has 18 heavy (non-hydrogen) atoms. The van der Waals surface area contributed by atoms with Crippen LogP contribution in [0.5, 0.6) is 0 Å². The summed E-state index contributed by atoms with van der Waals surface area (Å²) in [5.74, 6) is 0. The monoisotopic (exact) mass is 261 g/mol. The summed E-state index contributed by atoms with van der Waals surface area (Å²) < 4.78 is 1.98. The smallest absolute Gasteiger partial charge is 0.0536 e. The van der Waals surface area contributed by atoms with Gasteiger partial charge in [-0.15, -0.1) is 0 Å². The molecule has 0 saturated carbocycles. The Labute approximate surface area is 112 Å². The number of benzene rings is 1. The zero-order valence-corrected chi connectivity index (χ0v) is 11.0. The van der Waals surface area contributed by atoms with Gasteiger partial charge in [0.2, 0.25) is 0 Å². The highest BCUT2D eigenvalue weighted by Gasteiger charge is 2.17. The molecule has 0 fully saturated rings. The van der Waals surface area contributed by atoms with Crippen molar-refractivity contribution in [1.82, 2.24) is 14.7 Å². The van der Waals surface area contributed by atoms with Crippen molar-refractivity contribution >= 4 is 11.6 Å². The van der Waals surface area contributed by atoms with Crippen molar-refractivity contribution in [3.8, 4) is 0 Å². The van der Waals surface area contributed by atoms with Gasteiger partial charge in [0.1, 0.15) is 0 Å². The van der Waals surface area contributed by atoms with E-state index in [9.17, 15) is 0 Å². The zero-order valence-electron chi connectivity index (χ0n) is 10.2. The lowest BCUT2D eigenvalue weighted by atomic mass is 10.00. The average Bonchev–Trinajstić information content (AvgIpc) is 2.90. The molecule has 2 aromatic rings. The minimum Gasteiger partial charge on any atom is -0.297 e. The van der Waals surface area contributed by atoms with Crippen molar-refractivity contribution in [2.45, 2.75) is 19.5 Å². The van der Waals surface area contributed by atoms with Gasteiger partial charge in [-0.1, -0.05) is 23.7 Å². The molecule has 0 spiro atoms. The summed E-state index contributed by atoms with van der Waals surface area (Å²) in [5.41, 5.74) is 2.70. The Morgan fingerprint density at radius 1 is 1.22 bits per heavy atom. The summed E-state index contributed by atoms with van der Waals surface area (Å²) in [6.45, 7) is 4.06. The molecule has 1 aliphatic rings. The fraction of sp³-hybridized carbons (Fsp3) is 0.357. The third kappa shape index (κ3) is 2.42. The van der Waals surface area contributed by atoms with E-state index >= 15 is 0 Å². The molecule has 0 saturated heterocycles. The molecule has 1 aromatic carbocycles. The largest absolute Gasteiger partial charge is 0.297 e. The Bertz CT molecular complexity index is 522. The molecule has 3 rings (SSSR count). The molecule has 1 aromatic heterocycles. The Kier molecular flexibility index (Phi) is 3.35. The normalized spacial score (nSPS) is 15.6. The summed E-state index contributed by atoms with van der Waals surface area (Å²) in [4.78, 5) is 2.46. The van der Waals surface area contributed by atoms with Crippen LogP contribution in [-0.2, 0) is 19.5 Å². The number of hydrogen-bond donors (Lipinski definition) is 0. The van der Waals surface area contributed by atoms with Gasteiger partial charge in [0, 0.05) is 37.1 Å². The molecule has 0 aliphatic carbocycles. The molecular weight excluding hydrogens is 246 g/mol. The van der Waals surface area contributed by atoms with Gasteiger partial charge < -0.3 is 0 Å². The molecule has 0 unspecified atom stereocenters. The third-order valence-corrected chi connectivity index (χ3v) is 3.85. The fourth-order valence-corrected chi connectivity index (χ4v) is 2.78. The molecular formula is C14H16ClN3. The van der Waals surface area contributed by atoms with Crippen LogP contribution in [0, 0.1) is 0 Å². The van der Waals surface area contributed by atoms with E-state index in [0.29, 0.717) is 0 Å². The summed E-state index contributed by atoms with van der Waals surface area (Å²) >= 11 is 6.22. The first-order valence-electron chi connectivity index (χ1n) is 6.29. The van der Waals surface area contributed by atoms with E-state index in [1.807, 2.05) is 35.3 Å². The third-order valence-electron chi connectivity index (χ3n) is 3.49. The van der Waals surface area contributed by atoms with Gasteiger partial charge in [0.25, 0.3) is 0 Å². The summed E-state index contributed by atoms with van der Waals surface area (Å²) in [5, 5.41) is 5.14. The summed E-state index contributed by atoms with van der Waals surface area (Å²) in [6, 6.07) is 8.17. The summed E-state index contributed by atoms with van der Waals surface area (Å²) in [6.07, 6.45) is 4.88. The van der Waals surface area contributed by atoms with Crippen molar-refractivity contribution in [2.75, 3.05) is 13.1 Å². The molecule has 0 atom stereocenters. The second kappa shape index (κ2) is 5.12. The summed E-state index contributed by atoms with van der Waals surface area (Å²) in [7, 11) is 0. The van der Waals surface area contributed by atoms with Crippen LogP contribution < -0.4 is 0 Å². The van der Waals surface area contributed by atoms with E-state index in [1.165, 1.54) is 11.1 Å². The number of nitrogens with zero attached hydrogens (tertiary/aromatic N) is 3. The lowest BCUT2D eigenvalue weighted by Gasteiger charge is -2.29. The molecule has 0 N–H and O–H groups in total. The predicted octanol–water partition coefficient (Wildman–Crippen LogP) is 2.59. The molecule has 1 aliphatic heterocycles. The van der Waals surface area contributed by atoms with Crippen molar-refractivity contribution in [2.24, 2.45) is 0 Å². The van der Waals surface area contributed by atoms with Gasteiger partial charge in [-0.3, -0.25) is 9.58 Å². The standard InChI is InChI=1S/C14H16ClN3/c15-14-4-1-3-12-11-17(8-5-13(12)14)9-10-18-7-2-6-16-18/h1-4,6-7H,5,8-11H2. The van der Waals surface area contributed by atoms with Gasteiger partial charge in [0.15, 0.2) is 0 Å². The number of fused-ring (bicyclic) bond motifs is 1. The SMILES string of the molecule is Clc1cccc2c1CCN(CCn1cccn1)C2. The lowest BCUT2D eigenvalue weighted by molar-refractivity contribution is 0.240. The first-order chi connectivity index (χ1) is 8.83. The van der Waals surface area contributed by atoms with Gasteiger partial charge in [-0.2, -0.15) is 5.10 Å². The molecule has 0 radical (unpaired) electrons. The molecule has 4 heteroatoms. The highest BCUT2D eigenvalue weighted by atomic mass is 35.5. The second-order valence-electron chi connectivity index (χ2n) is 4.67. The first-order valence-corrected chi connectivity index (χ1v) is 6.67. The van der Waals surface area contributed by atoms with Crippen LogP contribution in [-0.4, -0.2) is 27.8 Å². The Hall–Kier alpha value is -1.32. The van der Waals surface area contributed by atoms with Gasteiger partial charge in [-0.05, 0) is 29.7 Å². The Balaban J connectivity index is 1.64. The quantitative estimate of drug-likeness (QED) is 0.847. The number of aromatic nitrogens is 2. The van der Waals surface area contributed by atoms with Crippen LogP contribution in [0.3, 0.4) is 0 Å². The first kappa shape index (κ1) is 11.8. The van der Waals surface area contributed by atoms with Crippen LogP contribution >= 0.6 is 11.6 Å². The van der Waals surface area contributed by atoms with Crippen LogP contribution in [0.1, 0.15) is 11.1 Å². The number of hydrogen-bond acceptors (Lipinski definition) is 2. The van der Waals surface area contributed by atoms with Crippen LogP contribution in [0.4, 0.5) is 0 Å². The molecule has 0 amide bonds. The minimum absolute atomic E-state index is 0.916. The maximum absolute atomic E-state index is 6.22. The molecule has 3 nitrogen and oxygen atoms in total. The maximum Gasteiger partial charge on any atom is 0.0536 e. The Morgan fingerprint density at radius 3 is 3.00 bits per heavy atom. The van der Waals surface area contributed by atoms with E-state index in [1.54, 1.807) is 0 Å². The van der Waals surface area contributed by atoms with Gasteiger partial charge in [0.05, 0.1) is 6.54 Å². The number of rotatable bonds is 3. The zero-order chi connectivity index (χ0) is 12.4. The topological polar surface area (TPSA) is 21.1 Å².